The van der Waals surface area contributed by atoms with Crippen molar-refractivity contribution in [2.24, 2.45) is 10.7 Å². The molecule has 35 heavy (non-hydrogen) atoms. The molecule has 2 heterocycles. The van der Waals surface area contributed by atoms with Crippen LogP contribution >= 0.6 is 0 Å². The van der Waals surface area contributed by atoms with Gasteiger partial charge in [-0.3, -0.25) is 9.54 Å². The molecule has 0 spiro atoms. The predicted molar refractivity (Wildman–Crippen MR) is 137 cm³/mol. The lowest BCUT2D eigenvalue weighted by Gasteiger charge is -2.14. The van der Waals surface area contributed by atoms with E-state index in [0.717, 1.165) is 22.6 Å². The SMILES string of the molecule is CC(C)Oc1cc(N=C(N)c2ccccn2)ccc1-c1ccc(-c2ccccc2)o1.CS(=O)(=O)O. The highest BCUT2D eigenvalue weighted by Crippen LogP contribution is 2.37. The normalized spacial score (nSPS) is 11.6. The van der Waals surface area contributed by atoms with Gasteiger partial charge in [-0.25, -0.2) is 4.99 Å². The van der Waals surface area contributed by atoms with E-state index >= 15 is 0 Å². The third-order valence-corrected chi connectivity index (χ3v) is 4.43. The molecular formula is C26H27N3O5S. The first-order valence-electron chi connectivity index (χ1n) is 10.7. The average molecular weight is 494 g/mol. The number of amidine groups is 1. The van der Waals surface area contributed by atoms with Crippen LogP contribution in [0.4, 0.5) is 5.69 Å². The van der Waals surface area contributed by atoms with Crippen LogP contribution in [0.5, 0.6) is 5.75 Å². The Kier molecular flexibility index (Phi) is 8.40. The third kappa shape index (κ3) is 8.09. The van der Waals surface area contributed by atoms with Gasteiger partial charge < -0.3 is 14.9 Å². The Bertz CT molecular complexity index is 1380. The molecule has 4 aromatic rings. The molecule has 2 aromatic heterocycles. The van der Waals surface area contributed by atoms with E-state index in [9.17, 15) is 8.42 Å². The van der Waals surface area contributed by atoms with Gasteiger partial charge in [-0.15, -0.1) is 0 Å². The number of rotatable bonds is 6. The van der Waals surface area contributed by atoms with Gasteiger partial charge in [0, 0.05) is 17.8 Å². The molecule has 3 N–H and O–H groups in total. The second-order valence-corrected chi connectivity index (χ2v) is 9.29. The van der Waals surface area contributed by atoms with Crippen LogP contribution in [-0.2, 0) is 10.1 Å². The Morgan fingerprint density at radius 3 is 2.29 bits per heavy atom. The molecule has 9 heteroatoms. The summed E-state index contributed by atoms with van der Waals surface area (Å²) < 4.78 is 38.0. The molecular weight excluding hydrogens is 466 g/mol. The fourth-order valence-corrected chi connectivity index (χ4v) is 3.09. The lowest BCUT2D eigenvalue weighted by atomic mass is 10.1. The van der Waals surface area contributed by atoms with Crippen molar-refractivity contribution < 1.29 is 22.1 Å². The number of hydrogen-bond acceptors (Lipinski definition) is 6. The largest absolute Gasteiger partial charge is 0.490 e. The zero-order valence-corrected chi connectivity index (χ0v) is 20.4. The summed E-state index contributed by atoms with van der Waals surface area (Å²) in [5.41, 5.74) is 9.33. The molecule has 0 amide bonds. The minimum absolute atomic E-state index is 0.000303. The van der Waals surface area contributed by atoms with Crippen LogP contribution in [0.15, 0.2) is 94.5 Å². The van der Waals surface area contributed by atoms with E-state index in [4.69, 9.17) is 19.4 Å². The van der Waals surface area contributed by atoms with E-state index in [1.807, 2.05) is 92.7 Å². The summed E-state index contributed by atoms with van der Waals surface area (Å²) in [6.07, 6.45) is 2.40. The van der Waals surface area contributed by atoms with E-state index in [1.165, 1.54) is 0 Å². The van der Waals surface area contributed by atoms with Crippen molar-refractivity contribution in [1.29, 1.82) is 0 Å². The molecule has 0 unspecified atom stereocenters. The van der Waals surface area contributed by atoms with Crippen LogP contribution in [-0.4, -0.2) is 36.1 Å². The zero-order valence-electron chi connectivity index (χ0n) is 19.6. The highest BCUT2D eigenvalue weighted by atomic mass is 32.2. The smallest absolute Gasteiger partial charge is 0.261 e. The van der Waals surface area contributed by atoms with Gasteiger partial charge in [0.05, 0.1) is 23.6 Å². The molecule has 8 nitrogen and oxygen atoms in total. The molecule has 0 radical (unpaired) electrons. The van der Waals surface area contributed by atoms with Crippen molar-refractivity contribution in [2.45, 2.75) is 20.0 Å². The monoisotopic (exact) mass is 493 g/mol. The maximum atomic E-state index is 9.19. The summed E-state index contributed by atoms with van der Waals surface area (Å²) in [7, 11) is -3.67. The minimum atomic E-state index is -3.67. The van der Waals surface area contributed by atoms with E-state index in [-0.39, 0.29) is 6.10 Å². The van der Waals surface area contributed by atoms with Crippen LogP contribution in [0.3, 0.4) is 0 Å². The van der Waals surface area contributed by atoms with Crippen molar-refractivity contribution in [3.63, 3.8) is 0 Å². The topological polar surface area (TPSA) is 128 Å². The van der Waals surface area contributed by atoms with Gasteiger partial charge in [0.25, 0.3) is 10.1 Å². The Morgan fingerprint density at radius 2 is 1.66 bits per heavy atom. The summed E-state index contributed by atoms with van der Waals surface area (Å²) in [4.78, 5) is 8.75. The van der Waals surface area contributed by atoms with Crippen LogP contribution < -0.4 is 10.5 Å². The number of aliphatic imine (C=N–C) groups is 1. The zero-order chi connectivity index (χ0) is 25.4. The third-order valence-electron chi connectivity index (χ3n) is 4.43. The quantitative estimate of drug-likeness (QED) is 0.211. The summed E-state index contributed by atoms with van der Waals surface area (Å²) in [5.74, 6) is 2.58. The maximum absolute atomic E-state index is 9.19. The first-order chi connectivity index (χ1) is 16.6. The van der Waals surface area contributed by atoms with E-state index in [1.54, 1.807) is 6.20 Å². The van der Waals surface area contributed by atoms with Gasteiger partial charge in [0.15, 0.2) is 0 Å². The lowest BCUT2D eigenvalue weighted by Crippen LogP contribution is -2.14. The van der Waals surface area contributed by atoms with Crippen molar-refractivity contribution in [2.75, 3.05) is 6.26 Å². The highest BCUT2D eigenvalue weighted by molar-refractivity contribution is 7.85. The molecule has 0 aliphatic carbocycles. The Labute approximate surface area is 204 Å². The Balaban J connectivity index is 0.000000623. The summed E-state index contributed by atoms with van der Waals surface area (Å²) in [6, 6.07) is 25.2. The number of aromatic nitrogens is 1. The fourth-order valence-electron chi connectivity index (χ4n) is 3.09. The fraction of sp³-hybridized carbons (Fsp3) is 0.154. The van der Waals surface area contributed by atoms with Crippen molar-refractivity contribution >= 4 is 21.6 Å². The van der Waals surface area contributed by atoms with Crippen molar-refractivity contribution in [1.82, 2.24) is 4.98 Å². The van der Waals surface area contributed by atoms with E-state index in [2.05, 4.69) is 9.98 Å². The summed E-state index contributed by atoms with van der Waals surface area (Å²) in [5, 5.41) is 0. The summed E-state index contributed by atoms with van der Waals surface area (Å²) >= 11 is 0. The number of ether oxygens (including phenoxy) is 1. The Morgan fingerprint density at radius 1 is 1.00 bits per heavy atom. The Hall–Kier alpha value is -3.95. The standard InChI is InChI=1S/C25H23N3O2.CH4O3S/c1-17(2)29-24-16-19(28-25(26)21-10-6-7-15-27-21)11-12-20(24)23-14-13-22(30-23)18-8-4-3-5-9-18;1-5(2,3)4/h3-17H,1-2H3,(H2,26,28);1H3,(H,2,3,4). The van der Waals surface area contributed by atoms with Gasteiger partial charge in [-0.1, -0.05) is 36.4 Å². The molecule has 0 atom stereocenters. The number of furan rings is 1. The van der Waals surface area contributed by atoms with Gasteiger partial charge in [0.2, 0.25) is 0 Å². The summed E-state index contributed by atoms with van der Waals surface area (Å²) in [6.45, 7) is 3.97. The second kappa shape index (κ2) is 11.5. The van der Waals surface area contributed by atoms with Gasteiger partial charge in [-0.05, 0) is 50.2 Å². The van der Waals surface area contributed by atoms with E-state index < -0.39 is 10.1 Å². The predicted octanol–water partition coefficient (Wildman–Crippen LogP) is 5.34. The second-order valence-electron chi connectivity index (χ2n) is 7.82. The van der Waals surface area contributed by atoms with Gasteiger partial charge >= 0.3 is 0 Å². The number of benzene rings is 2. The number of pyridine rings is 1. The van der Waals surface area contributed by atoms with Crippen molar-refractivity contribution in [3.05, 3.63) is 90.8 Å². The van der Waals surface area contributed by atoms with Crippen LogP contribution in [0, 0.1) is 0 Å². The molecule has 0 fully saturated rings. The average Bonchev–Trinajstić information content (AvgIpc) is 3.29. The van der Waals surface area contributed by atoms with Gasteiger partial charge in [0.1, 0.15) is 28.8 Å². The number of nitrogens with zero attached hydrogens (tertiary/aromatic N) is 2. The molecule has 0 saturated heterocycles. The molecule has 0 aliphatic rings. The number of nitrogens with two attached hydrogens (primary N) is 1. The van der Waals surface area contributed by atoms with Gasteiger partial charge in [-0.2, -0.15) is 8.42 Å². The number of hydrogen-bond donors (Lipinski definition) is 2. The van der Waals surface area contributed by atoms with Crippen LogP contribution in [0.1, 0.15) is 19.5 Å². The van der Waals surface area contributed by atoms with E-state index in [0.29, 0.717) is 29.2 Å². The minimum Gasteiger partial charge on any atom is -0.490 e. The molecule has 0 saturated carbocycles. The van der Waals surface area contributed by atoms with Crippen LogP contribution in [0.25, 0.3) is 22.6 Å². The maximum Gasteiger partial charge on any atom is 0.261 e. The first-order valence-corrected chi connectivity index (χ1v) is 12.6. The van der Waals surface area contributed by atoms with Crippen molar-refractivity contribution in [3.8, 4) is 28.4 Å². The molecule has 0 bridgehead atoms. The molecule has 0 aliphatic heterocycles. The molecule has 2 aromatic carbocycles. The highest BCUT2D eigenvalue weighted by Gasteiger charge is 2.14. The molecule has 182 valence electrons. The molecule has 4 rings (SSSR count). The van der Waals surface area contributed by atoms with Crippen LogP contribution in [0.2, 0.25) is 0 Å². The first kappa shape index (κ1) is 25.7. The lowest BCUT2D eigenvalue weighted by molar-refractivity contribution is 0.243.